The molecule has 0 fully saturated rings. The van der Waals surface area contributed by atoms with Gasteiger partial charge in [-0.1, -0.05) is 6.07 Å². The Labute approximate surface area is 133 Å². The first-order valence-corrected chi connectivity index (χ1v) is 7.02. The van der Waals surface area contributed by atoms with Crippen molar-refractivity contribution in [2.24, 2.45) is 0 Å². The molecule has 6 heteroatoms. The molecule has 0 aliphatic rings. The third kappa shape index (κ3) is 4.38. The van der Waals surface area contributed by atoms with Crippen LogP contribution in [0.15, 0.2) is 46.6 Å². The Kier molecular flexibility index (Phi) is 5.42. The monoisotopic (exact) mass is 312 g/mol. The van der Waals surface area contributed by atoms with Gasteiger partial charge in [-0.15, -0.1) is 0 Å². The highest BCUT2D eigenvalue weighted by molar-refractivity contribution is 6.01. The molecule has 1 aromatic heterocycles. The molecule has 0 aliphatic heterocycles. The number of benzene rings is 1. The zero-order valence-electron chi connectivity index (χ0n) is 12.6. The van der Waals surface area contributed by atoms with Gasteiger partial charge in [0.05, 0.1) is 19.4 Å². The predicted molar refractivity (Wildman–Crippen MR) is 83.4 cm³/mol. The average Bonchev–Trinajstić information content (AvgIpc) is 3.07. The number of rotatable bonds is 6. The molecule has 0 saturated carbocycles. The van der Waals surface area contributed by atoms with Gasteiger partial charge in [0.15, 0.2) is 11.5 Å². The van der Waals surface area contributed by atoms with Crippen LogP contribution in [0.2, 0.25) is 0 Å². The minimum absolute atomic E-state index is 0.00442. The second-order valence-electron chi connectivity index (χ2n) is 4.59. The number of ether oxygens (including phenoxy) is 1. The summed E-state index contributed by atoms with van der Waals surface area (Å²) in [6.07, 6.45) is 2.94. The average molecular weight is 312 g/mol. The van der Waals surface area contributed by atoms with Crippen LogP contribution in [0.1, 0.15) is 18.2 Å². The van der Waals surface area contributed by atoms with E-state index < -0.39 is 5.91 Å². The van der Waals surface area contributed by atoms with E-state index in [1.807, 2.05) is 6.07 Å². The molecule has 0 spiro atoms. The number of hydrogen-bond acceptors (Lipinski definition) is 5. The van der Waals surface area contributed by atoms with Crippen molar-refractivity contribution in [3.8, 4) is 17.6 Å². The number of phenols is 1. The fourth-order valence-corrected chi connectivity index (χ4v) is 1.88. The van der Waals surface area contributed by atoms with Gasteiger partial charge in [0.2, 0.25) is 0 Å². The number of nitriles is 1. The van der Waals surface area contributed by atoms with Gasteiger partial charge in [-0.25, -0.2) is 0 Å². The summed E-state index contributed by atoms with van der Waals surface area (Å²) in [5.41, 5.74) is 0.528. The molecule has 1 heterocycles. The van der Waals surface area contributed by atoms with Crippen LogP contribution in [-0.2, 0) is 11.3 Å². The first-order chi connectivity index (χ1) is 11.1. The van der Waals surface area contributed by atoms with E-state index in [0.29, 0.717) is 23.7 Å². The van der Waals surface area contributed by atoms with Crippen LogP contribution in [0, 0.1) is 11.3 Å². The lowest BCUT2D eigenvalue weighted by molar-refractivity contribution is -0.117. The molecule has 0 unspecified atom stereocenters. The molecule has 0 saturated heterocycles. The molecule has 23 heavy (non-hydrogen) atoms. The minimum Gasteiger partial charge on any atom is -0.504 e. The quantitative estimate of drug-likeness (QED) is 0.631. The van der Waals surface area contributed by atoms with Crippen molar-refractivity contribution in [2.75, 3.05) is 6.61 Å². The Bertz CT molecular complexity index is 742. The fourth-order valence-electron chi connectivity index (χ4n) is 1.88. The van der Waals surface area contributed by atoms with E-state index in [0.717, 1.165) is 0 Å². The summed E-state index contributed by atoms with van der Waals surface area (Å²) < 4.78 is 10.4. The van der Waals surface area contributed by atoms with E-state index in [1.54, 1.807) is 31.2 Å². The van der Waals surface area contributed by atoms with Crippen molar-refractivity contribution >= 4 is 12.0 Å². The molecule has 1 amide bonds. The zero-order valence-corrected chi connectivity index (χ0v) is 12.6. The summed E-state index contributed by atoms with van der Waals surface area (Å²) >= 11 is 0. The number of carbonyl (C=O) groups is 1. The Morgan fingerprint density at radius 3 is 2.96 bits per heavy atom. The lowest BCUT2D eigenvalue weighted by Crippen LogP contribution is -2.23. The van der Waals surface area contributed by atoms with Gasteiger partial charge < -0.3 is 19.6 Å². The van der Waals surface area contributed by atoms with Crippen LogP contribution in [0.5, 0.6) is 11.5 Å². The van der Waals surface area contributed by atoms with Gasteiger partial charge in [0.1, 0.15) is 17.4 Å². The maximum absolute atomic E-state index is 12.0. The molecule has 0 radical (unpaired) electrons. The van der Waals surface area contributed by atoms with Gasteiger partial charge in [-0.2, -0.15) is 5.26 Å². The highest BCUT2D eigenvalue weighted by atomic mass is 16.5. The highest BCUT2D eigenvalue weighted by Gasteiger charge is 2.10. The number of carbonyl (C=O) groups excluding carboxylic acids is 1. The Morgan fingerprint density at radius 2 is 2.30 bits per heavy atom. The van der Waals surface area contributed by atoms with Gasteiger partial charge >= 0.3 is 0 Å². The molecule has 2 aromatic rings. The van der Waals surface area contributed by atoms with Crippen molar-refractivity contribution in [3.63, 3.8) is 0 Å². The molecule has 0 bridgehead atoms. The molecule has 118 valence electrons. The third-order valence-electron chi connectivity index (χ3n) is 2.96. The first kappa shape index (κ1) is 16.2. The summed E-state index contributed by atoms with van der Waals surface area (Å²) in [7, 11) is 0. The summed E-state index contributed by atoms with van der Waals surface area (Å²) in [6.45, 7) is 2.39. The normalized spacial score (nSPS) is 10.9. The minimum atomic E-state index is -0.505. The topological polar surface area (TPSA) is 95.5 Å². The molecule has 2 rings (SSSR count). The van der Waals surface area contributed by atoms with Crippen molar-refractivity contribution in [1.82, 2.24) is 5.32 Å². The van der Waals surface area contributed by atoms with Gasteiger partial charge in [-0.05, 0) is 42.8 Å². The SMILES string of the molecule is CCOc1cc(C=C(C#N)C(=O)NCc2ccco2)ccc1O. The van der Waals surface area contributed by atoms with Gasteiger partial charge in [0.25, 0.3) is 5.91 Å². The number of phenolic OH excluding ortho intramolecular Hbond substituents is 1. The van der Waals surface area contributed by atoms with Crippen LogP contribution in [-0.4, -0.2) is 17.6 Å². The lowest BCUT2D eigenvalue weighted by Gasteiger charge is -2.07. The largest absolute Gasteiger partial charge is 0.504 e. The molecular weight excluding hydrogens is 296 g/mol. The van der Waals surface area contributed by atoms with E-state index in [1.165, 1.54) is 18.4 Å². The van der Waals surface area contributed by atoms with Crippen LogP contribution in [0.25, 0.3) is 6.08 Å². The Balaban J connectivity index is 2.13. The summed E-state index contributed by atoms with van der Waals surface area (Å²) in [4.78, 5) is 12.0. The molecule has 6 nitrogen and oxygen atoms in total. The molecule has 0 atom stereocenters. The maximum Gasteiger partial charge on any atom is 0.262 e. The second kappa shape index (κ2) is 7.71. The molecule has 0 aliphatic carbocycles. The highest BCUT2D eigenvalue weighted by Crippen LogP contribution is 2.27. The maximum atomic E-state index is 12.0. The number of nitrogens with zero attached hydrogens (tertiary/aromatic N) is 1. The molecule has 1 aromatic carbocycles. The van der Waals surface area contributed by atoms with Crippen LogP contribution >= 0.6 is 0 Å². The van der Waals surface area contributed by atoms with Crippen LogP contribution < -0.4 is 10.1 Å². The van der Waals surface area contributed by atoms with E-state index in [2.05, 4.69) is 5.32 Å². The number of hydrogen-bond donors (Lipinski definition) is 2. The third-order valence-corrected chi connectivity index (χ3v) is 2.96. The Hall–Kier alpha value is -3.20. The lowest BCUT2D eigenvalue weighted by atomic mass is 10.1. The van der Waals surface area contributed by atoms with Crippen molar-refractivity contribution in [3.05, 3.63) is 53.5 Å². The van der Waals surface area contributed by atoms with Crippen molar-refractivity contribution in [2.45, 2.75) is 13.5 Å². The zero-order chi connectivity index (χ0) is 16.7. The van der Waals surface area contributed by atoms with E-state index >= 15 is 0 Å². The van der Waals surface area contributed by atoms with Crippen LogP contribution in [0.3, 0.4) is 0 Å². The summed E-state index contributed by atoms with van der Waals surface area (Å²) in [5.74, 6) is 0.396. The number of nitrogens with one attached hydrogen (secondary N) is 1. The van der Waals surface area contributed by atoms with E-state index in [9.17, 15) is 9.90 Å². The second-order valence-corrected chi connectivity index (χ2v) is 4.59. The molecular formula is C17H16N2O4. The standard InChI is InChI=1S/C17H16N2O4/c1-2-22-16-9-12(5-6-15(16)20)8-13(10-18)17(21)19-11-14-4-3-7-23-14/h3-9,20H,2,11H2,1H3,(H,19,21). The van der Waals surface area contributed by atoms with E-state index in [-0.39, 0.29) is 17.9 Å². The Morgan fingerprint density at radius 1 is 1.48 bits per heavy atom. The first-order valence-electron chi connectivity index (χ1n) is 7.02. The van der Waals surface area contributed by atoms with Gasteiger partial charge in [0, 0.05) is 0 Å². The number of amides is 1. The predicted octanol–water partition coefficient (Wildman–Crippen LogP) is 2.61. The molecule has 2 N–H and O–H groups in total. The number of aromatic hydroxyl groups is 1. The fraction of sp³-hybridized carbons (Fsp3) is 0.176. The van der Waals surface area contributed by atoms with Crippen molar-refractivity contribution < 1.29 is 19.1 Å². The van der Waals surface area contributed by atoms with Crippen LogP contribution in [0.4, 0.5) is 0 Å². The summed E-state index contributed by atoms with van der Waals surface area (Å²) in [5, 5.41) is 21.4. The van der Waals surface area contributed by atoms with Crippen molar-refractivity contribution in [1.29, 1.82) is 5.26 Å². The summed E-state index contributed by atoms with van der Waals surface area (Å²) in [6, 6.07) is 9.91. The smallest absolute Gasteiger partial charge is 0.262 e. The van der Waals surface area contributed by atoms with Gasteiger partial charge in [-0.3, -0.25) is 4.79 Å². The van der Waals surface area contributed by atoms with E-state index in [4.69, 9.17) is 14.4 Å². The number of furan rings is 1.